The molecule has 9 heteroatoms. The lowest BCUT2D eigenvalue weighted by molar-refractivity contribution is -0.131. The van der Waals surface area contributed by atoms with Gasteiger partial charge < -0.3 is 25.5 Å². The van der Waals surface area contributed by atoms with Gasteiger partial charge >= 0.3 is 0 Å². The molecule has 0 bridgehead atoms. The molecule has 33 heavy (non-hydrogen) atoms. The highest BCUT2D eigenvalue weighted by Gasteiger charge is 2.42. The number of carbonyl (C=O) groups excluding carboxylic acids is 1. The summed E-state index contributed by atoms with van der Waals surface area (Å²) in [6.07, 6.45) is 7.30. The number of aliphatic imine (C=N–C) groups is 2. The average molecular weight is 450 g/mol. The Morgan fingerprint density at radius 3 is 2.64 bits per heavy atom. The van der Waals surface area contributed by atoms with Crippen LogP contribution in [0.5, 0.6) is 0 Å². The molecule has 4 aliphatic rings. The van der Waals surface area contributed by atoms with E-state index in [2.05, 4.69) is 31.6 Å². The lowest BCUT2D eigenvalue weighted by atomic mass is 9.91. The van der Waals surface area contributed by atoms with Crippen LogP contribution in [0.3, 0.4) is 0 Å². The van der Waals surface area contributed by atoms with Gasteiger partial charge in [0.05, 0.1) is 17.5 Å². The predicted octanol–water partition coefficient (Wildman–Crippen LogP) is 2.60. The number of nitrogens with one attached hydrogen (secondary N) is 2. The number of piperazine rings is 1. The van der Waals surface area contributed by atoms with Gasteiger partial charge in [-0.2, -0.15) is 0 Å². The Morgan fingerprint density at radius 2 is 1.97 bits per heavy atom. The normalized spacial score (nSPS) is 25.3. The largest absolute Gasteiger partial charge is 0.512 e. The van der Waals surface area contributed by atoms with Crippen molar-refractivity contribution in [3.63, 3.8) is 0 Å². The monoisotopic (exact) mass is 449 g/mol. The summed E-state index contributed by atoms with van der Waals surface area (Å²) in [5, 5.41) is 16.8. The molecule has 1 amide bonds. The molecule has 174 valence electrons. The number of rotatable bonds is 3. The minimum absolute atomic E-state index is 0.0431. The van der Waals surface area contributed by atoms with E-state index < -0.39 is 6.17 Å². The molecule has 3 N–H and O–H groups in total. The number of anilines is 2. The van der Waals surface area contributed by atoms with Crippen molar-refractivity contribution in [1.82, 2.24) is 15.2 Å². The summed E-state index contributed by atoms with van der Waals surface area (Å²) in [6, 6.07) is 4.11. The second-order valence-electron chi connectivity index (χ2n) is 9.04. The molecule has 4 heterocycles. The molecule has 1 unspecified atom stereocenters. The van der Waals surface area contributed by atoms with Crippen LogP contribution in [-0.2, 0) is 4.79 Å². The smallest absolute Gasteiger partial charge is 0.259 e. The SMILES string of the molecule is CC(O)=C1C(=O)N(C2CCCC2)C2N=C(Nc3ccc(N4CCNCC4)cn3)N=CC2=C1C. The van der Waals surface area contributed by atoms with Gasteiger partial charge in [-0.25, -0.2) is 15.0 Å². The zero-order chi connectivity index (χ0) is 22.9. The second-order valence-corrected chi connectivity index (χ2v) is 9.04. The zero-order valence-corrected chi connectivity index (χ0v) is 19.2. The van der Waals surface area contributed by atoms with Crippen LogP contribution in [0.4, 0.5) is 11.5 Å². The van der Waals surface area contributed by atoms with E-state index in [1.165, 1.54) is 0 Å². The van der Waals surface area contributed by atoms with E-state index in [-0.39, 0.29) is 17.7 Å². The average Bonchev–Trinajstić information content (AvgIpc) is 3.34. The summed E-state index contributed by atoms with van der Waals surface area (Å²) in [4.78, 5) is 31.4. The minimum Gasteiger partial charge on any atom is -0.512 e. The zero-order valence-electron chi connectivity index (χ0n) is 19.2. The topological polar surface area (TPSA) is 105 Å². The van der Waals surface area contributed by atoms with Gasteiger partial charge in [0, 0.05) is 44.0 Å². The fourth-order valence-electron chi connectivity index (χ4n) is 5.19. The number of allylic oxidation sites excluding steroid dienone is 1. The molecular weight excluding hydrogens is 418 g/mol. The minimum atomic E-state index is -0.441. The van der Waals surface area contributed by atoms with Crippen LogP contribution in [0.1, 0.15) is 39.5 Å². The Morgan fingerprint density at radius 1 is 1.21 bits per heavy atom. The van der Waals surface area contributed by atoms with Crippen molar-refractivity contribution >= 4 is 29.6 Å². The summed E-state index contributed by atoms with van der Waals surface area (Å²) in [5.74, 6) is 0.991. The molecule has 5 rings (SSSR count). The number of guanidine groups is 1. The fourth-order valence-corrected chi connectivity index (χ4v) is 5.19. The Bertz CT molecular complexity index is 1040. The molecule has 1 aromatic rings. The predicted molar refractivity (Wildman–Crippen MR) is 130 cm³/mol. The molecule has 0 radical (unpaired) electrons. The highest BCUT2D eigenvalue weighted by Crippen LogP contribution is 2.37. The Hall–Kier alpha value is -3.20. The quantitative estimate of drug-likeness (QED) is 0.484. The molecule has 0 spiro atoms. The third-order valence-corrected chi connectivity index (χ3v) is 6.92. The van der Waals surface area contributed by atoms with E-state index >= 15 is 0 Å². The first-order valence-corrected chi connectivity index (χ1v) is 11.8. The van der Waals surface area contributed by atoms with E-state index in [1.807, 2.05) is 24.1 Å². The highest BCUT2D eigenvalue weighted by atomic mass is 16.3. The number of pyridine rings is 1. The van der Waals surface area contributed by atoms with Gasteiger partial charge in [-0.1, -0.05) is 12.8 Å². The second kappa shape index (κ2) is 8.97. The number of fused-ring (bicyclic) bond motifs is 1. The molecule has 0 aromatic carbocycles. The van der Waals surface area contributed by atoms with Crippen molar-refractivity contribution in [2.24, 2.45) is 9.98 Å². The van der Waals surface area contributed by atoms with Gasteiger partial charge in [0.25, 0.3) is 5.91 Å². The molecule has 1 atom stereocenters. The lowest BCUT2D eigenvalue weighted by Gasteiger charge is -2.40. The van der Waals surface area contributed by atoms with E-state index in [0.29, 0.717) is 17.4 Å². The fraction of sp³-hybridized carbons (Fsp3) is 0.500. The number of hydrogen-bond donors (Lipinski definition) is 3. The van der Waals surface area contributed by atoms with Crippen LogP contribution >= 0.6 is 0 Å². The van der Waals surface area contributed by atoms with Crippen molar-refractivity contribution in [2.75, 3.05) is 36.4 Å². The summed E-state index contributed by atoms with van der Waals surface area (Å²) < 4.78 is 0. The van der Waals surface area contributed by atoms with E-state index in [4.69, 9.17) is 4.99 Å². The lowest BCUT2D eigenvalue weighted by Crippen LogP contribution is -2.51. The van der Waals surface area contributed by atoms with Crippen molar-refractivity contribution in [1.29, 1.82) is 0 Å². The molecule has 1 aliphatic carbocycles. The summed E-state index contributed by atoms with van der Waals surface area (Å²) in [7, 11) is 0. The number of hydrogen-bond acceptors (Lipinski definition) is 8. The first-order valence-electron chi connectivity index (χ1n) is 11.8. The van der Waals surface area contributed by atoms with Gasteiger partial charge in [0.15, 0.2) is 6.17 Å². The Labute approximate surface area is 194 Å². The Kier molecular flexibility index (Phi) is 5.88. The van der Waals surface area contributed by atoms with Crippen LogP contribution in [0.15, 0.2) is 50.8 Å². The number of aromatic nitrogens is 1. The van der Waals surface area contributed by atoms with Crippen LogP contribution in [0.25, 0.3) is 0 Å². The summed E-state index contributed by atoms with van der Waals surface area (Å²) in [6.45, 7) is 7.32. The Balaban J connectivity index is 1.41. The maximum atomic E-state index is 13.4. The first-order chi connectivity index (χ1) is 16.0. The maximum absolute atomic E-state index is 13.4. The van der Waals surface area contributed by atoms with Crippen LogP contribution in [-0.4, -0.2) is 71.5 Å². The van der Waals surface area contributed by atoms with Crippen LogP contribution < -0.4 is 15.5 Å². The maximum Gasteiger partial charge on any atom is 0.259 e. The van der Waals surface area contributed by atoms with Crippen molar-refractivity contribution in [3.8, 4) is 0 Å². The molecule has 9 nitrogen and oxygen atoms in total. The van der Waals surface area contributed by atoms with E-state index in [0.717, 1.165) is 68.7 Å². The number of nitrogens with zero attached hydrogens (tertiary/aromatic N) is 5. The van der Waals surface area contributed by atoms with Crippen molar-refractivity contribution in [2.45, 2.75) is 51.7 Å². The molecule has 1 aromatic heterocycles. The number of aliphatic hydroxyl groups excluding tert-OH is 1. The standard InChI is InChI=1S/C24H31N7O2/c1-15-19-14-27-24(28-20-8-7-18(13-26-20)30-11-9-25-10-12-30)29-22(19)31(17-5-3-4-6-17)23(33)21(15)16(2)32/h7-8,13-14,17,22,25,32H,3-6,9-12H2,1-2H3,(H,26,28,29). The molecule has 3 aliphatic heterocycles. The van der Waals surface area contributed by atoms with Gasteiger partial charge in [0.1, 0.15) is 11.6 Å². The van der Waals surface area contributed by atoms with E-state index in [9.17, 15) is 9.90 Å². The summed E-state index contributed by atoms with van der Waals surface area (Å²) in [5.41, 5.74) is 3.07. The van der Waals surface area contributed by atoms with Crippen molar-refractivity contribution in [3.05, 3.63) is 40.8 Å². The van der Waals surface area contributed by atoms with Gasteiger partial charge in [0.2, 0.25) is 5.96 Å². The molecule has 1 saturated carbocycles. The number of carbonyl (C=O) groups is 1. The highest BCUT2D eigenvalue weighted by molar-refractivity contribution is 6.09. The third kappa shape index (κ3) is 4.13. The number of aliphatic hydroxyl groups is 1. The molecule has 2 fully saturated rings. The number of amides is 1. The molecular formula is C24H31N7O2. The molecule has 1 saturated heterocycles. The van der Waals surface area contributed by atoms with E-state index in [1.54, 1.807) is 13.1 Å². The van der Waals surface area contributed by atoms with Gasteiger partial charge in [-0.3, -0.25) is 4.79 Å². The first kappa shape index (κ1) is 21.6. The van der Waals surface area contributed by atoms with Crippen LogP contribution in [0.2, 0.25) is 0 Å². The van der Waals surface area contributed by atoms with Gasteiger partial charge in [-0.05, 0) is 44.4 Å². The van der Waals surface area contributed by atoms with Crippen molar-refractivity contribution < 1.29 is 9.90 Å². The van der Waals surface area contributed by atoms with Crippen LogP contribution in [0, 0.1) is 0 Å². The third-order valence-electron chi connectivity index (χ3n) is 6.92. The van der Waals surface area contributed by atoms with Gasteiger partial charge in [-0.15, -0.1) is 0 Å². The summed E-state index contributed by atoms with van der Waals surface area (Å²) >= 11 is 0.